The molecular weight excluding hydrogens is 274 g/mol. The highest BCUT2D eigenvalue weighted by atomic mass is 35.5. The molecule has 0 bridgehead atoms. The van der Waals surface area contributed by atoms with Crippen molar-refractivity contribution in [3.05, 3.63) is 16.5 Å². The molecule has 2 rings (SSSR count). The standard InChI is InChI=1S/C15H24ClN3O/c1-9(2)14-17-13(16)10(3)15(18-14)19-7-5-12(6-8-19)11(4)20/h9,11-12,20H,5-8H2,1-4H3. The van der Waals surface area contributed by atoms with Gasteiger partial charge in [-0.25, -0.2) is 9.97 Å². The van der Waals surface area contributed by atoms with Gasteiger partial charge in [0.25, 0.3) is 0 Å². The molecule has 1 unspecified atom stereocenters. The fraction of sp³-hybridized carbons (Fsp3) is 0.733. The van der Waals surface area contributed by atoms with E-state index in [0.717, 1.165) is 43.1 Å². The average Bonchev–Trinajstić information content (AvgIpc) is 2.41. The molecule has 0 radical (unpaired) electrons. The number of aliphatic hydroxyl groups is 1. The molecule has 0 saturated carbocycles. The Balaban J connectivity index is 2.21. The van der Waals surface area contributed by atoms with Crippen LogP contribution in [-0.4, -0.2) is 34.3 Å². The van der Waals surface area contributed by atoms with E-state index < -0.39 is 0 Å². The highest BCUT2D eigenvalue weighted by Crippen LogP contribution is 2.30. The maximum Gasteiger partial charge on any atom is 0.137 e. The number of aliphatic hydroxyl groups excluding tert-OH is 1. The highest BCUT2D eigenvalue weighted by molar-refractivity contribution is 6.30. The van der Waals surface area contributed by atoms with Crippen LogP contribution >= 0.6 is 11.6 Å². The first kappa shape index (κ1) is 15.5. The summed E-state index contributed by atoms with van der Waals surface area (Å²) in [6, 6.07) is 0. The zero-order valence-electron chi connectivity index (χ0n) is 12.7. The molecule has 20 heavy (non-hydrogen) atoms. The third-order valence-electron chi connectivity index (χ3n) is 4.12. The van der Waals surface area contributed by atoms with Crippen LogP contribution in [-0.2, 0) is 0 Å². The van der Waals surface area contributed by atoms with Crippen molar-refractivity contribution in [1.29, 1.82) is 0 Å². The zero-order chi connectivity index (χ0) is 14.9. The van der Waals surface area contributed by atoms with E-state index in [2.05, 4.69) is 23.7 Å². The van der Waals surface area contributed by atoms with Crippen molar-refractivity contribution in [2.45, 2.75) is 52.6 Å². The number of anilines is 1. The molecule has 1 aliphatic rings. The molecule has 1 fully saturated rings. The minimum absolute atomic E-state index is 0.224. The predicted octanol–water partition coefficient (Wildman–Crippen LogP) is 3.16. The van der Waals surface area contributed by atoms with Crippen LogP contribution in [0.15, 0.2) is 0 Å². The van der Waals surface area contributed by atoms with E-state index in [4.69, 9.17) is 16.6 Å². The lowest BCUT2D eigenvalue weighted by Gasteiger charge is -2.35. The minimum atomic E-state index is -0.224. The van der Waals surface area contributed by atoms with Crippen LogP contribution in [0.25, 0.3) is 0 Å². The summed E-state index contributed by atoms with van der Waals surface area (Å²) in [5.74, 6) is 2.42. The number of piperidine rings is 1. The Bertz CT molecular complexity index is 468. The fourth-order valence-corrected chi connectivity index (χ4v) is 2.82. The van der Waals surface area contributed by atoms with Crippen molar-refractivity contribution in [3.8, 4) is 0 Å². The number of hydrogen-bond acceptors (Lipinski definition) is 4. The second-order valence-electron chi connectivity index (χ2n) is 6.04. The van der Waals surface area contributed by atoms with Crippen LogP contribution in [0.4, 0.5) is 5.82 Å². The Morgan fingerprint density at radius 1 is 1.20 bits per heavy atom. The summed E-state index contributed by atoms with van der Waals surface area (Å²) in [5.41, 5.74) is 0.951. The van der Waals surface area contributed by atoms with E-state index in [1.807, 2.05) is 13.8 Å². The molecular formula is C15H24ClN3O. The highest BCUT2D eigenvalue weighted by Gasteiger charge is 2.25. The molecule has 1 aliphatic heterocycles. The number of aromatic nitrogens is 2. The quantitative estimate of drug-likeness (QED) is 0.871. The monoisotopic (exact) mass is 297 g/mol. The van der Waals surface area contributed by atoms with Gasteiger partial charge in [0, 0.05) is 24.6 Å². The molecule has 0 aromatic carbocycles. The molecule has 0 aliphatic carbocycles. The third kappa shape index (κ3) is 3.23. The van der Waals surface area contributed by atoms with E-state index in [1.54, 1.807) is 0 Å². The fourth-order valence-electron chi connectivity index (χ4n) is 2.65. The van der Waals surface area contributed by atoms with Crippen LogP contribution in [0.2, 0.25) is 5.15 Å². The molecule has 4 nitrogen and oxygen atoms in total. The van der Waals surface area contributed by atoms with Crippen molar-refractivity contribution >= 4 is 17.4 Å². The summed E-state index contributed by atoms with van der Waals surface area (Å²) in [5, 5.41) is 10.2. The summed E-state index contributed by atoms with van der Waals surface area (Å²) in [7, 11) is 0. The summed E-state index contributed by atoms with van der Waals surface area (Å²) >= 11 is 6.24. The minimum Gasteiger partial charge on any atom is -0.393 e. The topological polar surface area (TPSA) is 49.2 Å². The van der Waals surface area contributed by atoms with Gasteiger partial charge in [-0.2, -0.15) is 0 Å². The third-order valence-corrected chi connectivity index (χ3v) is 4.48. The smallest absolute Gasteiger partial charge is 0.137 e. The Hall–Kier alpha value is -0.870. The SMILES string of the molecule is Cc1c(Cl)nc(C(C)C)nc1N1CCC(C(C)O)CC1. The largest absolute Gasteiger partial charge is 0.393 e. The molecule has 2 heterocycles. The first-order valence-corrected chi connectivity index (χ1v) is 7.75. The van der Waals surface area contributed by atoms with Crippen molar-refractivity contribution in [2.75, 3.05) is 18.0 Å². The van der Waals surface area contributed by atoms with Crippen molar-refractivity contribution in [1.82, 2.24) is 9.97 Å². The van der Waals surface area contributed by atoms with Crippen LogP contribution in [0.1, 0.15) is 50.9 Å². The maximum absolute atomic E-state index is 9.68. The van der Waals surface area contributed by atoms with Gasteiger partial charge >= 0.3 is 0 Å². The second-order valence-corrected chi connectivity index (χ2v) is 6.40. The van der Waals surface area contributed by atoms with Gasteiger partial charge in [-0.05, 0) is 32.6 Å². The van der Waals surface area contributed by atoms with Crippen LogP contribution < -0.4 is 4.90 Å². The Morgan fingerprint density at radius 3 is 2.30 bits per heavy atom. The van der Waals surface area contributed by atoms with Crippen LogP contribution in [0.5, 0.6) is 0 Å². The number of hydrogen-bond donors (Lipinski definition) is 1. The Kier molecular flexibility index (Phi) is 4.86. The van der Waals surface area contributed by atoms with Gasteiger partial charge < -0.3 is 10.0 Å². The van der Waals surface area contributed by atoms with E-state index >= 15 is 0 Å². The molecule has 0 spiro atoms. The molecule has 1 aromatic heterocycles. The molecule has 1 N–H and O–H groups in total. The summed E-state index contributed by atoms with van der Waals surface area (Å²) in [4.78, 5) is 11.3. The van der Waals surface area contributed by atoms with E-state index in [0.29, 0.717) is 11.1 Å². The lowest BCUT2D eigenvalue weighted by atomic mass is 9.92. The van der Waals surface area contributed by atoms with Gasteiger partial charge in [0.05, 0.1) is 6.10 Å². The molecule has 1 aromatic rings. The Labute approximate surface area is 126 Å². The normalized spacial score (nSPS) is 18.6. The van der Waals surface area contributed by atoms with Crippen molar-refractivity contribution < 1.29 is 5.11 Å². The Morgan fingerprint density at radius 2 is 1.80 bits per heavy atom. The van der Waals surface area contributed by atoms with Gasteiger partial charge in [-0.1, -0.05) is 25.4 Å². The van der Waals surface area contributed by atoms with E-state index in [9.17, 15) is 5.11 Å². The molecule has 112 valence electrons. The number of nitrogens with zero attached hydrogens (tertiary/aromatic N) is 3. The summed E-state index contributed by atoms with van der Waals surface area (Å²) in [6.07, 6.45) is 1.77. The lowest BCUT2D eigenvalue weighted by molar-refractivity contribution is 0.109. The predicted molar refractivity (Wildman–Crippen MR) is 82.5 cm³/mol. The summed E-state index contributed by atoms with van der Waals surface area (Å²) < 4.78 is 0. The maximum atomic E-state index is 9.68. The van der Waals surface area contributed by atoms with Crippen molar-refractivity contribution in [2.24, 2.45) is 5.92 Å². The van der Waals surface area contributed by atoms with E-state index in [1.165, 1.54) is 0 Å². The van der Waals surface area contributed by atoms with Gasteiger partial charge in [0.2, 0.25) is 0 Å². The van der Waals surface area contributed by atoms with Gasteiger partial charge in [-0.3, -0.25) is 0 Å². The summed E-state index contributed by atoms with van der Waals surface area (Å²) in [6.45, 7) is 9.84. The average molecular weight is 298 g/mol. The molecule has 0 amide bonds. The van der Waals surface area contributed by atoms with Crippen LogP contribution in [0.3, 0.4) is 0 Å². The molecule has 1 atom stereocenters. The lowest BCUT2D eigenvalue weighted by Crippen LogP contribution is -2.38. The van der Waals surface area contributed by atoms with Gasteiger partial charge in [-0.15, -0.1) is 0 Å². The first-order chi connectivity index (χ1) is 9.40. The van der Waals surface area contributed by atoms with Crippen LogP contribution in [0, 0.1) is 12.8 Å². The van der Waals surface area contributed by atoms with Crippen molar-refractivity contribution in [3.63, 3.8) is 0 Å². The molecule has 1 saturated heterocycles. The van der Waals surface area contributed by atoms with Gasteiger partial charge in [0.15, 0.2) is 0 Å². The van der Waals surface area contributed by atoms with Gasteiger partial charge in [0.1, 0.15) is 16.8 Å². The first-order valence-electron chi connectivity index (χ1n) is 7.37. The zero-order valence-corrected chi connectivity index (χ0v) is 13.5. The second kappa shape index (κ2) is 6.27. The van der Waals surface area contributed by atoms with E-state index in [-0.39, 0.29) is 12.0 Å². The number of halogens is 1. The number of rotatable bonds is 3. The molecule has 5 heteroatoms.